The molecule has 0 atom stereocenters. The predicted molar refractivity (Wildman–Crippen MR) is 108 cm³/mol. The first-order chi connectivity index (χ1) is 12.4. The molecule has 0 unspecified atom stereocenters. The van der Waals surface area contributed by atoms with E-state index in [0.717, 1.165) is 23.1 Å². The van der Waals surface area contributed by atoms with Crippen LogP contribution in [0.3, 0.4) is 0 Å². The Morgan fingerprint density at radius 2 is 1.58 bits per heavy atom. The van der Waals surface area contributed by atoms with E-state index in [2.05, 4.69) is 4.72 Å². The molecular formula is C20H23N3O2S. The van der Waals surface area contributed by atoms with E-state index in [1.165, 1.54) is 0 Å². The van der Waals surface area contributed by atoms with Crippen molar-refractivity contribution in [1.29, 1.82) is 0 Å². The first kappa shape index (κ1) is 18.2. The van der Waals surface area contributed by atoms with Gasteiger partial charge in [-0.3, -0.25) is 4.72 Å². The maximum Gasteiger partial charge on any atom is 0.262 e. The van der Waals surface area contributed by atoms with Gasteiger partial charge in [-0.1, -0.05) is 36.4 Å². The summed E-state index contributed by atoms with van der Waals surface area (Å²) in [6.45, 7) is 0.565. The van der Waals surface area contributed by atoms with Gasteiger partial charge in [0.05, 0.1) is 4.90 Å². The van der Waals surface area contributed by atoms with Gasteiger partial charge in [0.1, 0.15) is 0 Å². The summed E-state index contributed by atoms with van der Waals surface area (Å²) in [7, 11) is 0.182. The zero-order valence-electron chi connectivity index (χ0n) is 14.9. The Hall–Kier alpha value is -2.57. The lowest BCUT2D eigenvalue weighted by Crippen LogP contribution is -2.14. The summed E-state index contributed by atoms with van der Waals surface area (Å²) in [6, 6.07) is 18.3. The highest BCUT2D eigenvalue weighted by atomic mass is 32.2. The molecule has 3 aromatic rings. The first-order valence-electron chi connectivity index (χ1n) is 8.43. The Morgan fingerprint density at radius 1 is 0.923 bits per heavy atom. The highest BCUT2D eigenvalue weighted by Gasteiger charge is 2.18. The van der Waals surface area contributed by atoms with Crippen LogP contribution in [0.2, 0.25) is 0 Å². The Kier molecular flexibility index (Phi) is 5.15. The molecule has 0 amide bonds. The largest absolute Gasteiger partial charge is 0.377 e. The van der Waals surface area contributed by atoms with Crippen molar-refractivity contribution in [3.8, 4) is 0 Å². The molecule has 6 heteroatoms. The summed E-state index contributed by atoms with van der Waals surface area (Å²) in [5, 5.41) is 1.60. The Morgan fingerprint density at radius 3 is 2.23 bits per heavy atom. The monoisotopic (exact) mass is 369 g/mol. The van der Waals surface area contributed by atoms with Crippen molar-refractivity contribution in [3.63, 3.8) is 0 Å². The molecule has 0 spiro atoms. The predicted octanol–water partition coefficient (Wildman–Crippen LogP) is 3.21. The molecule has 3 rings (SSSR count). The lowest BCUT2D eigenvalue weighted by molar-refractivity contribution is 0.602. The van der Waals surface area contributed by atoms with Crippen LogP contribution in [-0.2, 0) is 16.4 Å². The zero-order valence-corrected chi connectivity index (χ0v) is 15.8. The summed E-state index contributed by atoms with van der Waals surface area (Å²) in [5.74, 6) is 0. The molecule has 0 aliphatic carbocycles. The lowest BCUT2D eigenvalue weighted by Gasteiger charge is -2.17. The number of fused-ring (bicyclic) bond motifs is 1. The number of rotatable bonds is 6. The Bertz CT molecular complexity index is 1010. The van der Waals surface area contributed by atoms with E-state index in [1.807, 2.05) is 55.4 Å². The molecule has 0 aromatic heterocycles. The van der Waals surface area contributed by atoms with Crippen molar-refractivity contribution >= 4 is 32.2 Å². The maximum absolute atomic E-state index is 13.0. The smallest absolute Gasteiger partial charge is 0.262 e. The van der Waals surface area contributed by atoms with E-state index >= 15 is 0 Å². The van der Waals surface area contributed by atoms with Crippen molar-refractivity contribution in [3.05, 3.63) is 66.2 Å². The first-order valence-corrected chi connectivity index (χ1v) is 9.91. The molecule has 0 saturated heterocycles. The van der Waals surface area contributed by atoms with Crippen LogP contribution in [0, 0.1) is 0 Å². The van der Waals surface area contributed by atoms with Crippen LogP contribution in [0.1, 0.15) is 5.56 Å². The third-order valence-electron chi connectivity index (χ3n) is 4.27. The van der Waals surface area contributed by atoms with Gasteiger partial charge in [-0.2, -0.15) is 0 Å². The number of benzene rings is 3. The fraction of sp³-hybridized carbons (Fsp3) is 0.200. The molecule has 136 valence electrons. The van der Waals surface area contributed by atoms with Crippen molar-refractivity contribution < 1.29 is 8.42 Å². The highest BCUT2D eigenvalue weighted by molar-refractivity contribution is 7.93. The summed E-state index contributed by atoms with van der Waals surface area (Å²) in [6.07, 6.45) is 0.768. The van der Waals surface area contributed by atoms with Gasteiger partial charge in [0.15, 0.2) is 0 Å². The second kappa shape index (κ2) is 7.35. The molecule has 0 aliphatic rings. The normalized spacial score (nSPS) is 11.5. The van der Waals surface area contributed by atoms with Crippen LogP contribution in [0.25, 0.3) is 10.8 Å². The van der Waals surface area contributed by atoms with Crippen LogP contribution in [0.4, 0.5) is 11.4 Å². The van der Waals surface area contributed by atoms with Gasteiger partial charge in [0.2, 0.25) is 0 Å². The average Bonchev–Trinajstić information content (AvgIpc) is 2.62. The molecule has 5 nitrogen and oxygen atoms in total. The van der Waals surface area contributed by atoms with Crippen LogP contribution in [0.5, 0.6) is 0 Å². The molecule has 0 heterocycles. The zero-order chi connectivity index (χ0) is 18.7. The number of nitrogens with two attached hydrogens (primary N) is 1. The number of nitrogens with zero attached hydrogens (tertiary/aromatic N) is 1. The van der Waals surface area contributed by atoms with Crippen molar-refractivity contribution in [1.82, 2.24) is 0 Å². The highest BCUT2D eigenvalue weighted by Crippen LogP contribution is 2.31. The molecule has 26 heavy (non-hydrogen) atoms. The second-order valence-corrected chi connectivity index (χ2v) is 8.01. The van der Waals surface area contributed by atoms with Gasteiger partial charge < -0.3 is 10.6 Å². The fourth-order valence-electron chi connectivity index (χ4n) is 3.01. The number of hydrogen-bond donors (Lipinski definition) is 2. The Balaban J connectivity index is 2.00. The van der Waals surface area contributed by atoms with Gasteiger partial charge in [-0.25, -0.2) is 8.42 Å². The van der Waals surface area contributed by atoms with Gasteiger partial charge in [-0.15, -0.1) is 0 Å². The third kappa shape index (κ3) is 3.66. The minimum atomic E-state index is -3.70. The van der Waals surface area contributed by atoms with Crippen molar-refractivity contribution in [2.24, 2.45) is 5.73 Å². The van der Waals surface area contributed by atoms with Crippen molar-refractivity contribution in [2.45, 2.75) is 11.3 Å². The standard InChI is InChI=1S/C20H23N3O2S/c1-23(2)19-7-3-6-18-17(19)5-4-8-20(18)26(24,25)22-16-11-9-15(10-12-16)13-14-21/h3-12,22H,13-14,21H2,1-2H3. The summed E-state index contributed by atoms with van der Waals surface area (Å²) in [4.78, 5) is 2.24. The fourth-order valence-corrected chi connectivity index (χ4v) is 4.29. The number of hydrogen-bond acceptors (Lipinski definition) is 4. The molecule has 0 radical (unpaired) electrons. The number of nitrogens with one attached hydrogen (secondary N) is 1. The molecule has 0 aliphatic heterocycles. The number of anilines is 2. The quantitative estimate of drug-likeness (QED) is 0.700. The van der Waals surface area contributed by atoms with E-state index in [9.17, 15) is 8.42 Å². The van der Waals surface area contributed by atoms with Crippen LogP contribution < -0.4 is 15.4 Å². The summed E-state index contributed by atoms with van der Waals surface area (Å²) >= 11 is 0. The molecule has 0 bridgehead atoms. The minimum Gasteiger partial charge on any atom is -0.377 e. The van der Waals surface area contributed by atoms with Gasteiger partial charge >= 0.3 is 0 Å². The van der Waals surface area contributed by atoms with Gasteiger partial charge in [-0.05, 0) is 42.8 Å². The van der Waals surface area contributed by atoms with E-state index < -0.39 is 10.0 Å². The van der Waals surface area contributed by atoms with Crippen molar-refractivity contribution in [2.75, 3.05) is 30.3 Å². The topological polar surface area (TPSA) is 75.4 Å². The number of sulfonamides is 1. The third-order valence-corrected chi connectivity index (χ3v) is 5.71. The van der Waals surface area contributed by atoms with E-state index in [0.29, 0.717) is 17.6 Å². The second-order valence-electron chi connectivity index (χ2n) is 6.36. The average molecular weight is 369 g/mol. The van der Waals surface area contributed by atoms with E-state index in [4.69, 9.17) is 5.73 Å². The molecule has 3 N–H and O–H groups in total. The lowest BCUT2D eigenvalue weighted by atomic mass is 10.1. The molecule has 0 saturated carbocycles. The Labute approximate surface area is 154 Å². The molecule has 3 aromatic carbocycles. The van der Waals surface area contributed by atoms with Crippen LogP contribution in [-0.4, -0.2) is 29.1 Å². The summed E-state index contributed by atoms with van der Waals surface area (Å²) in [5.41, 5.74) is 8.14. The minimum absolute atomic E-state index is 0.268. The van der Waals surface area contributed by atoms with Gasteiger partial charge in [0.25, 0.3) is 10.0 Å². The van der Waals surface area contributed by atoms with Crippen LogP contribution >= 0.6 is 0 Å². The van der Waals surface area contributed by atoms with E-state index in [1.54, 1.807) is 24.3 Å². The maximum atomic E-state index is 13.0. The molecule has 0 fully saturated rings. The summed E-state index contributed by atoms with van der Waals surface area (Å²) < 4.78 is 28.6. The van der Waals surface area contributed by atoms with Gasteiger partial charge in [0, 0.05) is 36.2 Å². The molecular weight excluding hydrogens is 346 g/mol. The van der Waals surface area contributed by atoms with Crippen LogP contribution in [0.15, 0.2) is 65.6 Å². The SMILES string of the molecule is CN(C)c1cccc2c(S(=O)(=O)Nc3ccc(CCN)cc3)cccc12. The van der Waals surface area contributed by atoms with E-state index in [-0.39, 0.29) is 4.90 Å².